The maximum Gasteiger partial charge on any atom is 0.269 e. The lowest BCUT2D eigenvalue weighted by atomic mass is 10.1. The Morgan fingerprint density at radius 3 is 2.83 bits per heavy atom. The first-order valence-corrected chi connectivity index (χ1v) is 5.55. The summed E-state index contributed by atoms with van der Waals surface area (Å²) in [6, 6.07) is 6.54. The zero-order valence-corrected chi connectivity index (χ0v) is 10.5. The molecule has 1 atom stereocenters. The highest BCUT2D eigenvalue weighted by Gasteiger charge is 2.12. The van der Waals surface area contributed by atoms with Crippen LogP contribution in [0, 0.1) is 27.4 Å². The Labute approximate surface area is 106 Å². The number of anilines is 1. The van der Waals surface area contributed by atoms with Crippen LogP contribution >= 0.6 is 0 Å². The molecule has 0 heterocycles. The Hall–Kier alpha value is -2.13. The molecular formula is C12H16N4O2. The molecule has 0 aromatic heterocycles. The van der Waals surface area contributed by atoms with Gasteiger partial charge in [0.05, 0.1) is 16.9 Å². The Morgan fingerprint density at radius 1 is 1.61 bits per heavy atom. The highest BCUT2D eigenvalue weighted by atomic mass is 16.6. The Morgan fingerprint density at radius 2 is 2.28 bits per heavy atom. The minimum atomic E-state index is -0.444. The van der Waals surface area contributed by atoms with Crippen molar-refractivity contribution in [3.63, 3.8) is 0 Å². The van der Waals surface area contributed by atoms with Crippen LogP contribution in [0.15, 0.2) is 18.2 Å². The third-order valence-electron chi connectivity index (χ3n) is 2.58. The summed E-state index contributed by atoms with van der Waals surface area (Å²) >= 11 is 0. The summed E-state index contributed by atoms with van der Waals surface area (Å²) in [7, 11) is 1.85. The normalized spacial score (nSPS) is 12.1. The molecule has 0 aliphatic carbocycles. The van der Waals surface area contributed by atoms with Gasteiger partial charge in [0.1, 0.15) is 0 Å². The number of nitro benzene ring substituents is 1. The third kappa shape index (κ3) is 3.71. The van der Waals surface area contributed by atoms with E-state index in [2.05, 4.69) is 6.07 Å². The van der Waals surface area contributed by atoms with Gasteiger partial charge in [0, 0.05) is 30.9 Å². The second-order valence-corrected chi connectivity index (χ2v) is 4.37. The molecule has 0 saturated heterocycles. The van der Waals surface area contributed by atoms with Crippen LogP contribution in [0.5, 0.6) is 0 Å². The maximum absolute atomic E-state index is 10.7. The van der Waals surface area contributed by atoms with E-state index in [9.17, 15) is 10.1 Å². The van der Waals surface area contributed by atoms with Crippen molar-refractivity contribution in [2.24, 2.45) is 5.92 Å². The first kappa shape index (κ1) is 13.9. The number of benzene rings is 1. The first-order chi connectivity index (χ1) is 8.43. The van der Waals surface area contributed by atoms with Crippen molar-refractivity contribution in [1.29, 1.82) is 5.26 Å². The summed E-state index contributed by atoms with van der Waals surface area (Å²) in [6.07, 6.45) is 0. The van der Waals surface area contributed by atoms with E-state index in [0.29, 0.717) is 24.3 Å². The lowest BCUT2D eigenvalue weighted by molar-refractivity contribution is -0.384. The topological polar surface area (TPSA) is 96.2 Å². The minimum absolute atomic E-state index is 0.0286. The van der Waals surface area contributed by atoms with Crippen molar-refractivity contribution in [3.8, 4) is 6.07 Å². The van der Waals surface area contributed by atoms with E-state index in [4.69, 9.17) is 11.0 Å². The third-order valence-corrected chi connectivity index (χ3v) is 2.58. The number of non-ortho nitro benzene ring substituents is 1. The summed E-state index contributed by atoms with van der Waals surface area (Å²) in [5.74, 6) is -0.0880. The maximum atomic E-state index is 10.7. The van der Waals surface area contributed by atoms with Gasteiger partial charge in [0.15, 0.2) is 0 Å². The standard InChI is InChI=1S/C12H16N4O2/c1-9(6-13)7-15(2)8-10-5-11(16(17)18)3-4-12(10)14/h3-5,9H,7-8,14H2,1-2H3. The smallest absolute Gasteiger partial charge is 0.269 e. The lowest BCUT2D eigenvalue weighted by Gasteiger charge is -2.18. The van der Waals surface area contributed by atoms with Crippen LogP contribution in [-0.2, 0) is 6.54 Å². The molecule has 0 radical (unpaired) electrons. The summed E-state index contributed by atoms with van der Waals surface area (Å²) < 4.78 is 0. The Bertz CT molecular complexity index is 481. The SMILES string of the molecule is CC(C#N)CN(C)Cc1cc([N+](=O)[O-])ccc1N. The molecule has 0 fully saturated rings. The summed E-state index contributed by atoms with van der Waals surface area (Å²) in [5, 5.41) is 19.4. The monoisotopic (exact) mass is 248 g/mol. The predicted octanol–water partition coefficient (Wildman–Crippen LogP) is 1.77. The van der Waals surface area contributed by atoms with Crippen LogP contribution in [-0.4, -0.2) is 23.4 Å². The molecular weight excluding hydrogens is 232 g/mol. The van der Waals surface area contributed by atoms with E-state index in [0.717, 1.165) is 0 Å². The fraction of sp³-hybridized carbons (Fsp3) is 0.417. The number of nitro groups is 1. The van der Waals surface area contributed by atoms with Crippen molar-refractivity contribution in [2.45, 2.75) is 13.5 Å². The molecule has 1 unspecified atom stereocenters. The second-order valence-electron chi connectivity index (χ2n) is 4.37. The number of rotatable bonds is 5. The first-order valence-electron chi connectivity index (χ1n) is 5.55. The van der Waals surface area contributed by atoms with Crippen LogP contribution < -0.4 is 5.73 Å². The van der Waals surface area contributed by atoms with Crippen LogP contribution in [0.3, 0.4) is 0 Å². The predicted molar refractivity (Wildman–Crippen MR) is 68.6 cm³/mol. The molecule has 6 heteroatoms. The van der Waals surface area contributed by atoms with E-state index < -0.39 is 4.92 Å². The van der Waals surface area contributed by atoms with Gasteiger partial charge < -0.3 is 10.6 Å². The van der Waals surface area contributed by atoms with Crippen molar-refractivity contribution in [2.75, 3.05) is 19.3 Å². The molecule has 0 saturated carbocycles. The Kier molecular flexibility index (Phi) is 4.63. The number of nitrogens with zero attached hydrogens (tertiary/aromatic N) is 3. The van der Waals surface area contributed by atoms with Gasteiger partial charge in [0.2, 0.25) is 0 Å². The molecule has 6 nitrogen and oxygen atoms in total. The highest BCUT2D eigenvalue weighted by Crippen LogP contribution is 2.21. The molecule has 0 bridgehead atoms. The largest absolute Gasteiger partial charge is 0.398 e. The molecule has 0 amide bonds. The van der Waals surface area contributed by atoms with Gasteiger partial charge in [-0.1, -0.05) is 0 Å². The number of hydrogen-bond donors (Lipinski definition) is 1. The molecule has 1 rings (SSSR count). The van der Waals surface area contributed by atoms with E-state index in [-0.39, 0.29) is 11.6 Å². The fourth-order valence-electron chi connectivity index (χ4n) is 1.71. The molecule has 18 heavy (non-hydrogen) atoms. The van der Waals surface area contributed by atoms with Gasteiger partial charge in [-0.2, -0.15) is 5.26 Å². The van der Waals surface area contributed by atoms with Crippen molar-refractivity contribution >= 4 is 11.4 Å². The van der Waals surface area contributed by atoms with Gasteiger partial charge in [-0.15, -0.1) is 0 Å². The zero-order valence-electron chi connectivity index (χ0n) is 10.5. The quantitative estimate of drug-likeness (QED) is 0.486. The van der Waals surface area contributed by atoms with Crippen molar-refractivity contribution < 1.29 is 4.92 Å². The van der Waals surface area contributed by atoms with E-state index in [1.165, 1.54) is 18.2 Å². The number of nitriles is 1. The zero-order chi connectivity index (χ0) is 13.7. The van der Waals surface area contributed by atoms with Gasteiger partial charge in [-0.3, -0.25) is 10.1 Å². The summed E-state index contributed by atoms with van der Waals surface area (Å²) in [4.78, 5) is 12.2. The van der Waals surface area contributed by atoms with E-state index >= 15 is 0 Å². The molecule has 0 aliphatic rings. The van der Waals surface area contributed by atoms with Crippen LogP contribution in [0.25, 0.3) is 0 Å². The lowest BCUT2D eigenvalue weighted by Crippen LogP contribution is -2.23. The van der Waals surface area contributed by atoms with Crippen molar-refractivity contribution in [3.05, 3.63) is 33.9 Å². The van der Waals surface area contributed by atoms with Crippen LogP contribution in [0.4, 0.5) is 11.4 Å². The van der Waals surface area contributed by atoms with Gasteiger partial charge in [-0.25, -0.2) is 0 Å². The number of hydrogen-bond acceptors (Lipinski definition) is 5. The van der Waals surface area contributed by atoms with E-state index in [1.807, 2.05) is 18.9 Å². The molecule has 0 spiro atoms. The van der Waals surface area contributed by atoms with Gasteiger partial charge in [0.25, 0.3) is 5.69 Å². The molecule has 96 valence electrons. The average molecular weight is 248 g/mol. The summed E-state index contributed by atoms with van der Waals surface area (Å²) in [5.41, 5.74) is 7.05. The van der Waals surface area contributed by atoms with Gasteiger partial charge >= 0.3 is 0 Å². The Balaban J connectivity index is 2.80. The molecule has 2 N–H and O–H groups in total. The summed E-state index contributed by atoms with van der Waals surface area (Å²) in [6.45, 7) is 2.91. The fourth-order valence-corrected chi connectivity index (χ4v) is 1.71. The van der Waals surface area contributed by atoms with Crippen LogP contribution in [0.2, 0.25) is 0 Å². The van der Waals surface area contributed by atoms with Gasteiger partial charge in [-0.05, 0) is 25.6 Å². The average Bonchev–Trinajstić information content (AvgIpc) is 2.31. The van der Waals surface area contributed by atoms with E-state index in [1.54, 1.807) is 0 Å². The molecule has 0 aliphatic heterocycles. The molecule has 1 aromatic rings. The van der Waals surface area contributed by atoms with Crippen molar-refractivity contribution in [1.82, 2.24) is 4.90 Å². The number of nitrogens with two attached hydrogens (primary N) is 1. The molecule has 1 aromatic carbocycles. The second kappa shape index (κ2) is 5.98. The number of nitrogen functional groups attached to an aromatic ring is 1. The highest BCUT2D eigenvalue weighted by molar-refractivity contribution is 5.52. The van der Waals surface area contributed by atoms with Crippen LogP contribution in [0.1, 0.15) is 12.5 Å². The minimum Gasteiger partial charge on any atom is -0.398 e.